The summed E-state index contributed by atoms with van der Waals surface area (Å²) < 4.78 is 5.31. The molecule has 0 aliphatic heterocycles. The summed E-state index contributed by atoms with van der Waals surface area (Å²) in [6.45, 7) is 5.82. The highest BCUT2D eigenvalue weighted by atomic mass is 16.3. The molecule has 0 atom stereocenters. The van der Waals surface area contributed by atoms with Crippen LogP contribution in [-0.4, -0.2) is 11.8 Å². The highest BCUT2D eigenvalue weighted by Gasteiger charge is 2.16. The first-order valence-electron chi connectivity index (χ1n) is 8.95. The molecular weight excluding hydrogens is 352 g/mol. The first-order valence-corrected chi connectivity index (χ1v) is 8.95. The van der Waals surface area contributed by atoms with Crippen LogP contribution in [0.4, 0.5) is 5.69 Å². The number of aryl methyl sites for hydroxylation is 2. The van der Waals surface area contributed by atoms with E-state index in [4.69, 9.17) is 4.42 Å². The lowest BCUT2D eigenvalue weighted by Gasteiger charge is -2.13. The van der Waals surface area contributed by atoms with Crippen molar-refractivity contribution in [2.75, 3.05) is 5.32 Å². The summed E-state index contributed by atoms with van der Waals surface area (Å²) in [5, 5.41) is 5.57. The molecule has 0 radical (unpaired) electrons. The van der Waals surface area contributed by atoms with E-state index in [0.717, 1.165) is 16.7 Å². The fraction of sp³-hybridized carbons (Fsp3) is 0.130. The number of hydrogen-bond donors (Lipinski definition) is 2. The van der Waals surface area contributed by atoms with Crippen molar-refractivity contribution in [2.24, 2.45) is 0 Å². The van der Waals surface area contributed by atoms with Crippen molar-refractivity contribution in [1.29, 1.82) is 0 Å². The number of anilines is 1. The maximum absolute atomic E-state index is 12.9. The Bertz CT molecular complexity index is 1030. The summed E-state index contributed by atoms with van der Waals surface area (Å²) in [6, 6.07) is 16.3. The van der Waals surface area contributed by atoms with Crippen LogP contribution in [0.25, 0.3) is 6.08 Å². The second-order valence-electron chi connectivity index (χ2n) is 6.60. The van der Waals surface area contributed by atoms with Gasteiger partial charge in [0.25, 0.3) is 11.8 Å². The highest BCUT2D eigenvalue weighted by Crippen LogP contribution is 2.19. The molecule has 0 saturated heterocycles. The second kappa shape index (κ2) is 8.39. The average molecular weight is 374 g/mol. The minimum absolute atomic E-state index is 0.0994. The molecule has 1 aromatic heterocycles. The van der Waals surface area contributed by atoms with E-state index in [1.54, 1.807) is 30.3 Å². The van der Waals surface area contributed by atoms with Gasteiger partial charge in [0.2, 0.25) is 0 Å². The van der Waals surface area contributed by atoms with Crippen LogP contribution in [0.3, 0.4) is 0 Å². The lowest BCUT2D eigenvalue weighted by Crippen LogP contribution is -2.31. The number of hydrogen-bond acceptors (Lipinski definition) is 3. The third-order valence-corrected chi connectivity index (χ3v) is 4.46. The molecule has 3 aromatic rings. The Morgan fingerprint density at radius 2 is 1.75 bits per heavy atom. The first kappa shape index (κ1) is 19.2. The number of amides is 2. The van der Waals surface area contributed by atoms with Gasteiger partial charge < -0.3 is 15.1 Å². The van der Waals surface area contributed by atoms with Gasteiger partial charge in [-0.25, -0.2) is 0 Å². The zero-order valence-electron chi connectivity index (χ0n) is 16.1. The molecule has 3 rings (SSSR count). The number of furan rings is 1. The van der Waals surface area contributed by atoms with Crippen LogP contribution in [-0.2, 0) is 4.79 Å². The van der Waals surface area contributed by atoms with Gasteiger partial charge in [0.1, 0.15) is 11.5 Å². The van der Waals surface area contributed by atoms with Gasteiger partial charge in [-0.2, -0.15) is 0 Å². The predicted octanol–water partition coefficient (Wildman–Crippen LogP) is 4.61. The van der Waals surface area contributed by atoms with Crippen LogP contribution in [0.5, 0.6) is 0 Å². The summed E-state index contributed by atoms with van der Waals surface area (Å²) in [4.78, 5) is 25.6. The summed E-state index contributed by atoms with van der Waals surface area (Å²) in [5.41, 5.74) is 4.27. The van der Waals surface area contributed by atoms with Crippen molar-refractivity contribution in [3.05, 3.63) is 94.6 Å². The third-order valence-electron chi connectivity index (χ3n) is 4.46. The zero-order valence-corrected chi connectivity index (χ0v) is 16.1. The molecule has 0 aliphatic rings. The molecule has 1 heterocycles. The molecule has 0 unspecified atom stereocenters. The third kappa shape index (κ3) is 4.57. The normalized spacial score (nSPS) is 11.2. The van der Waals surface area contributed by atoms with Crippen molar-refractivity contribution in [1.82, 2.24) is 5.32 Å². The molecule has 142 valence electrons. The number of carbonyl (C=O) groups excluding carboxylic acids is 2. The summed E-state index contributed by atoms with van der Waals surface area (Å²) >= 11 is 0. The van der Waals surface area contributed by atoms with Crippen molar-refractivity contribution in [3.8, 4) is 0 Å². The molecule has 0 bridgehead atoms. The number of rotatable bonds is 5. The molecule has 0 fully saturated rings. The largest absolute Gasteiger partial charge is 0.465 e. The zero-order chi connectivity index (χ0) is 20.1. The van der Waals surface area contributed by atoms with Crippen LogP contribution in [0.1, 0.15) is 32.8 Å². The van der Waals surface area contributed by atoms with Gasteiger partial charge >= 0.3 is 0 Å². The van der Waals surface area contributed by atoms with E-state index in [9.17, 15) is 9.59 Å². The SMILES string of the molecule is Cc1cccc(C(=O)N/C(=C\c2ccco2)C(=O)Nc2cccc(C)c2C)c1. The van der Waals surface area contributed by atoms with E-state index >= 15 is 0 Å². The molecule has 2 aromatic carbocycles. The minimum Gasteiger partial charge on any atom is -0.465 e. The summed E-state index contributed by atoms with van der Waals surface area (Å²) in [7, 11) is 0. The lowest BCUT2D eigenvalue weighted by molar-refractivity contribution is -0.113. The Hall–Kier alpha value is -3.60. The van der Waals surface area contributed by atoms with Crippen LogP contribution < -0.4 is 10.6 Å². The van der Waals surface area contributed by atoms with Crippen LogP contribution in [0.2, 0.25) is 0 Å². The van der Waals surface area contributed by atoms with Gasteiger partial charge in [-0.05, 0) is 62.2 Å². The maximum Gasteiger partial charge on any atom is 0.272 e. The number of benzene rings is 2. The Morgan fingerprint density at radius 3 is 2.46 bits per heavy atom. The fourth-order valence-electron chi connectivity index (χ4n) is 2.73. The number of carbonyl (C=O) groups is 2. The molecule has 28 heavy (non-hydrogen) atoms. The van der Waals surface area contributed by atoms with Crippen LogP contribution >= 0.6 is 0 Å². The molecule has 0 aliphatic carbocycles. The standard InChI is InChI=1S/C23H22N2O3/c1-15-7-4-9-18(13-15)22(26)25-21(14-19-10-6-12-28-19)23(27)24-20-11-5-8-16(2)17(20)3/h4-14H,1-3H3,(H,24,27)(H,25,26)/b21-14-. The van der Waals surface area contributed by atoms with Gasteiger partial charge in [0.05, 0.1) is 6.26 Å². The Morgan fingerprint density at radius 1 is 0.964 bits per heavy atom. The fourth-order valence-corrected chi connectivity index (χ4v) is 2.73. The van der Waals surface area contributed by atoms with Crippen molar-refractivity contribution >= 4 is 23.6 Å². The van der Waals surface area contributed by atoms with Crippen molar-refractivity contribution in [3.63, 3.8) is 0 Å². The predicted molar refractivity (Wildman–Crippen MR) is 110 cm³/mol. The molecule has 5 heteroatoms. The average Bonchev–Trinajstić information content (AvgIpc) is 3.18. The molecule has 2 amide bonds. The van der Waals surface area contributed by atoms with E-state index in [1.807, 2.05) is 45.0 Å². The van der Waals surface area contributed by atoms with Crippen LogP contribution in [0, 0.1) is 20.8 Å². The van der Waals surface area contributed by atoms with Crippen molar-refractivity contribution < 1.29 is 14.0 Å². The Balaban J connectivity index is 1.88. The van der Waals surface area contributed by atoms with E-state index in [0.29, 0.717) is 17.0 Å². The van der Waals surface area contributed by atoms with E-state index in [1.165, 1.54) is 12.3 Å². The smallest absolute Gasteiger partial charge is 0.272 e. The summed E-state index contributed by atoms with van der Waals surface area (Å²) in [5.74, 6) is -0.320. The van der Waals surface area contributed by atoms with E-state index < -0.39 is 5.91 Å². The minimum atomic E-state index is -0.425. The summed E-state index contributed by atoms with van der Waals surface area (Å²) in [6.07, 6.45) is 3.02. The van der Waals surface area contributed by atoms with Gasteiger partial charge in [-0.3, -0.25) is 9.59 Å². The number of nitrogens with one attached hydrogen (secondary N) is 2. The monoisotopic (exact) mass is 374 g/mol. The molecule has 2 N–H and O–H groups in total. The molecular formula is C23H22N2O3. The highest BCUT2D eigenvalue weighted by molar-refractivity contribution is 6.10. The topological polar surface area (TPSA) is 71.3 Å². The van der Waals surface area contributed by atoms with Gasteiger partial charge in [0, 0.05) is 17.3 Å². The van der Waals surface area contributed by atoms with Gasteiger partial charge in [-0.15, -0.1) is 0 Å². The second-order valence-corrected chi connectivity index (χ2v) is 6.60. The van der Waals surface area contributed by atoms with Gasteiger partial charge in [-0.1, -0.05) is 29.8 Å². The van der Waals surface area contributed by atoms with Crippen LogP contribution in [0.15, 0.2) is 71.0 Å². The Kier molecular flexibility index (Phi) is 5.75. The lowest BCUT2D eigenvalue weighted by atomic mass is 10.1. The van der Waals surface area contributed by atoms with E-state index in [-0.39, 0.29) is 11.6 Å². The Labute approximate surface area is 164 Å². The molecule has 0 saturated carbocycles. The first-order chi connectivity index (χ1) is 13.4. The van der Waals surface area contributed by atoms with Gasteiger partial charge in [0.15, 0.2) is 0 Å². The quantitative estimate of drug-likeness (QED) is 0.641. The molecule has 0 spiro atoms. The maximum atomic E-state index is 12.9. The van der Waals surface area contributed by atoms with E-state index in [2.05, 4.69) is 10.6 Å². The van der Waals surface area contributed by atoms with Crippen molar-refractivity contribution in [2.45, 2.75) is 20.8 Å². The molecule has 5 nitrogen and oxygen atoms in total.